The highest BCUT2D eigenvalue weighted by molar-refractivity contribution is 5.98. The summed E-state index contributed by atoms with van der Waals surface area (Å²) in [5, 5.41) is 7.40. The van der Waals surface area contributed by atoms with Crippen molar-refractivity contribution in [2.45, 2.75) is 69.8 Å². The van der Waals surface area contributed by atoms with Crippen LogP contribution in [0.5, 0.6) is 5.75 Å². The molecule has 15 heteroatoms. The van der Waals surface area contributed by atoms with Crippen molar-refractivity contribution >= 4 is 34.8 Å². The molecule has 0 radical (unpaired) electrons. The molecule has 318 valence electrons. The number of hydrogen-bond acceptors (Lipinski definition) is 9. The van der Waals surface area contributed by atoms with Crippen LogP contribution in [0.15, 0.2) is 91.3 Å². The van der Waals surface area contributed by atoms with Gasteiger partial charge in [-0.05, 0) is 77.9 Å². The fraction of sp³-hybridized carbons (Fsp3) is 0.319. The van der Waals surface area contributed by atoms with Crippen molar-refractivity contribution in [1.82, 2.24) is 40.4 Å². The molecule has 2 fully saturated rings. The van der Waals surface area contributed by atoms with Gasteiger partial charge >= 0.3 is 12.2 Å². The Hall–Kier alpha value is -7.16. The van der Waals surface area contributed by atoms with Gasteiger partial charge in [-0.2, -0.15) is 0 Å². The second-order valence-electron chi connectivity index (χ2n) is 15.9. The number of benzene rings is 4. The second-order valence-corrected chi connectivity index (χ2v) is 15.9. The van der Waals surface area contributed by atoms with E-state index in [1.807, 2.05) is 43.5 Å². The van der Waals surface area contributed by atoms with Crippen LogP contribution in [0.2, 0.25) is 0 Å². The number of nitrogens with zero attached hydrogens (tertiary/aromatic N) is 4. The summed E-state index contributed by atoms with van der Waals surface area (Å²) in [7, 11) is 2.57. The minimum atomic E-state index is -0.890. The summed E-state index contributed by atoms with van der Waals surface area (Å²) in [5.74, 6) is 1.88. The number of imidazole rings is 2. The maximum absolute atomic E-state index is 14.0. The molecule has 15 nitrogen and oxygen atoms in total. The molecule has 9 rings (SSSR count). The maximum atomic E-state index is 14.0. The van der Waals surface area contributed by atoms with Crippen LogP contribution in [0, 0.1) is 0 Å². The summed E-state index contributed by atoms with van der Waals surface area (Å²) in [6.45, 7) is 3.39. The van der Waals surface area contributed by atoms with Gasteiger partial charge in [0.25, 0.3) is 5.91 Å². The highest BCUT2D eigenvalue weighted by atomic mass is 16.5. The van der Waals surface area contributed by atoms with Gasteiger partial charge in [-0.15, -0.1) is 0 Å². The lowest BCUT2D eigenvalue weighted by molar-refractivity contribution is -0.135. The highest BCUT2D eigenvalue weighted by Gasteiger charge is 2.38. The lowest BCUT2D eigenvalue weighted by Gasteiger charge is -2.28. The molecule has 2 aromatic heterocycles. The van der Waals surface area contributed by atoms with E-state index in [1.165, 1.54) is 14.2 Å². The molecule has 0 unspecified atom stereocenters. The predicted molar refractivity (Wildman–Crippen MR) is 231 cm³/mol. The minimum absolute atomic E-state index is 0.145. The number of aromatic nitrogens is 4. The number of rotatable bonds is 10. The van der Waals surface area contributed by atoms with Gasteiger partial charge in [-0.1, -0.05) is 67.6 Å². The summed E-state index contributed by atoms with van der Waals surface area (Å²) < 4.78 is 16.1. The number of fused-ring (bicyclic) bond motifs is 5. The standard InChI is InChI=1S/C47H48N8O7/c1-4-35(52-46(58)60-2)44(56)54-20-8-12-38(54)42-48-24-36(50-42)29-16-18-33-28(22-29)14-19-34-32-17-15-30(23-31(32)26-62-41(33)34)37-25-49-43(51-37)39-13-9-21-55(39)45(57)40(53-47(59)61-3)27-10-6-5-7-11-27/h5-7,10-11,14-19,22-25,35,38-40H,4,8-9,12-13,20-21,26H2,1-3H3,(H,48,50)(H,49,51)(H,52,58)(H,53,59)/t35-,38-,39-,40+/m0/s1. The number of carbonyl (C=O) groups excluding carboxylic acids is 4. The first kappa shape index (κ1) is 40.3. The third-order valence-electron chi connectivity index (χ3n) is 12.3. The number of ether oxygens (including phenoxy) is 3. The lowest BCUT2D eigenvalue weighted by atomic mass is 9.92. The van der Waals surface area contributed by atoms with E-state index in [2.05, 4.69) is 69.1 Å². The molecule has 4 aromatic carbocycles. The van der Waals surface area contributed by atoms with Crippen LogP contribution in [0.4, 0.5) is 9.59 Å². The Morgan fingerprint density at radius 2 is 1.37 bits per heavy atom. The molecule has 6 aromatic rings. The van der Waals surface area contributed by atoms with Gasteiger partial charge < -0.3 is 44.6 Å². The molecule has 3 aliphatic heterocycles. The number of alkyl carbamates (subject to hydrolysis) is 2. The molecule has 2 saturated heterocycles. The highest BCUT2D eigenvalue weighted by Crippen LogP contribution is 2.44. The van der Waals surface area contributed by atoms with E-state index < -0.39 is 24.3 Å². The molecule has 5 heterocycles. The van der Waals surface area contributed by atoms with Crippen LogP contribution < -0.4 is 15.4 Å². The van der Waals surface area contributed by atoms with Gasteiger partial charge in [0.05, 0.1) is 50.1 Å². The Morgan fingerprint density at radius 3 is 2.03 bits per heavy atom. The van der Waals surface area contributed by atoms with Crippen LogP contribution >= 0.6 is 0 Å². The zero-order chi connectivity index (χ0) is 42.9. The molecule has 3 aliphatic rings. The van der Waals surface area contributed by atoms with Gasteiger partial charge in [-0.25, -0.2) is 19.6 Å². The number of methoxy groups -OCH3 is 2. The average molecular weight is 837 g/mol. The first-order valence-corrected chi connectivity index (χ1v) is 21.0. The van der Waals surface area contributed by atoms with Crippen LogP contribution in [0.1, 0.15) is 79.9 Å². The zero-order valence-electron chi connectivity index (χ0n) is 34.8. The maximum Gasteiger partial charge on any atom is 0.407 e. The van der Waals surface area contributed by atoms with Crippen molar-refractivity contribution in [1.29, 1.82) is 0 Å². The number of likely N-dealkylation sites (tertiary alicyclic amines) is 2. The van der Waals surface area contributed by atoms with Crippen LogP contribution in [0.25, 0.3) is 44.4 Å². The van der Waals surface area contributed by atoms with Crippen molar-refractivity contribution in [2.75, 3.05) is 27.3 Å². The molecule has 4 atom stereocenters. The zero-order valence-corrected chi connectivity index (χ0v) is 34.8. The Balaban J connectivity index is 0.913. The van der Waals surface area contributed by atoms with Gasteiger partial charge in [0.2, 0.25) is 5.91 Å². The van der Waals surface area contributed by atoms with E-state index in [1.54, 1.807) is 16.0 Å². The summed E-state index contributed by atoms with van der Waals surface area (Å²) in [4.78, 5) is 71.6. The topological polar surface area (TPSA) is 184 Å². The van der Waals surface area contributed by atoms with Crippen LogP contribution in [0.3, 0.4) is 0 Å². The van der Waals surface area contributed by atoms with Gasteiger partial charge in [0.1, 0.15) is 36.1 Å². The summed E-state index contributed by atoms with van der Waals surface area (Å²) >= 11 is 0. The molecule has 4 N–H and O–H groups in total. The Kier molecular flexibility index (Phi) is 11.1. The van der Waals surface area contributed by atoms with Crippen LogP contribution in [-0.2, 0) is 25.7 Å². The summed E-state index contributed by atoms with van der Waals surface area (Å²) in [6.07, 6.45) is 5.93. The first-order chi connectivity index (χ1) is 30.2. The molecule has 0 bridgehead atoms. The Labute approximate surface area is 358 Å². The van der Waals surface area contributed by atoms with E-state index in [9.17, 15) is 19.2 Å². The van der Waals surface area contributed by atoms with Crippen molar-refractivity contribution < 1.29 is 33.4 Å². The molecule has 0 saturated carbocycles. The Morgan fingerprint density at radius 1 is 0.758 bits per heavy atom. The van der Waals surface area contributed by atoms with E-state index in [4.69, 9.17) is 24.2 Å². The summed E-state index contributed by atoms with van der Waals surface area (Å²) in [5.41, 5.74) is 7.44. The normalized spacial score (nSPS) is 17.7. The molecule has 62 heavy (non-hydrogen) atoms. The van der Waals surface area contributed by atoms with Crippen molar-refractivity contribution in [3.63, 3.8) is 0 Å². The molecular formula is C47H48N8O7. The molecule has 4 amide bonds. The second kappa shape index (κ2) is 17.1. The van der Waals surface area contributed by atoms with E-state index in [0.717, 1.165) is 81.4 Å². The number of amides is 4. The van der Waals surface area contributed by atoms with Crippen LogP contribution in [-0.4, -0.2) is 87.1 Å². The van der Waals surface area contributed by atoms with Crippen molar-refractivity contribution in [2.24, 2.45) is 0 Å². The minimum Gasteiger partial charge on any atom is -0.488 e. The van der Waals surface area contributed by atoms with Gasteiger partial charge in [0, 0.05) is 29.6 Å². The third kappa shape index (κ3) is 7.58. The quantitative estimate of drug-likeness (QED) is 0.107. The molecule has 0 aliphatic carbocycles. The van der Waals surface area contributed by atoms with Crippen molar-refractivity contribution in [3.05, 3.63) is 114 Å². The third-order valence-corrected chi connectivity index (χ3v) is 12.3. The number of carbonyl (C=O) groups is 4. The van der Waals surface area contributed by atoms with E-state index >= 15 is 0 Å². The number of aromatic amines is 2. The lowest BCUT2D eigenvalue weighted by Crippen LogP contribution is -2.48. The molecule has 0 spiro atoms. The predicted octanol–water partition coefficient (Wildman–Crippen LogP) is 7.74. The Bertz CT molecular complexity index is 2660. The fourth-order valence-electron chi connectivity index (χ4n) is 9.08. The SMILES string of the molecule is CC[C@H](NC(=O)OC)C(=O)N1CCC[C@H]1c1ncc(-c2ccc3c4c(ccc3c2)-c2ccc(-c3cnc([C@@H]5CCCN5C(=O)[C@H](NC(=O)OC)c5ccccc5)[nH]3)cc2CO4)[nH]1. The van der Waals surface area contributed by atoms with Crippen molar-refractivity contribution in [3.8, 4) is 39.4 Å². The monoisotopic (exact) mass is 836 g/mol. The van der Waals surface area contributed by atoms with E-state index in [-0.39, 0.29) is 23.9 Å². The number of H-pyrrole nitrogens is 2. The van der Waals surface area contributed by atoms with Gasteiger partial charge in [-0.3, -0.25) is 9.59 Å². The summed E-state index contributed by atoms with van der Waals surface area (Å²) in [6, 6.07) is 23.9. The number of hydrogen-bond donors (Lipinski definition) is 4. The fourth-order valence-corrected chi connectivity index (χ4v) is 9.08. The van der Waals surface area contributed by atoms with E-state index in [0.29, 0.717) is 43.3 Å². The number of nitrogens with one attached hydrogen (secondary N) is 4. The largest absolute Gasteiger partial charge is 0.488 e. The smallest absolute Gasteiger partial charge is 0.407 e. The molecular weight excluding hydrogens is 789 g/mol. The average Bonchev–Trinajstić information content (AvgIpc) is 4.16. The van der Waals surface area contributed by atoms with Gasteiger partial charge in [0.15, 0.2) is 0 Å². The first-order valence-electron chi connectivity index (χ1n) is 21.0.